The molecule has 1 aromatic rings. The predicted molar refractivity (Wildman–Crippen MR) is 99.5 cm³/mol. The van der Waals surface area contributed by atoms with Crippen molar-refractivity contribution in [1.29, 1.82) is 0 Å². The van der Waals surface area contributed by atoms with E-state index in [0.717, 1.165) is 62.0 Å². The number of amides is 1. The quantitative estimate of drug-likeness (QED) is 0.819. The number of carbonyl (C=O) groups excluding carboxylic acids is 1. The Balaban J connectivity index is 1.69. The van der Waals surface area contributed by atoms with Gasteiger partial charge in [-0.25, -0.2) is 0 Å². The van der Waals surface area contributed by atoms with Crippen molar-refractivity contribution in [3.8, 4) is 0 Å². The molecule has 0 aromatic heterocycles. The smallest absolute Gasteiger partial charge is 0.254 e. The van der Waals surface area contributed by atoms with Gasteiger partial charge in [-0.15, -0.1) is 0 Å². The molecule has 0 saturated carbocycles. The minimum Gasteiger partial charge on any atom is -0.379 e. The monoisotopic (exact) mass is 348 g/mol. The molecule has 0 bridgehead atoms. The first-order chi connectivity index (χ1) is 11.7. The molecule has 132 valence electrons. The summed E-state index contributed by atoms with van der Waals surface area (Å²) in [5.41, 5.74) is 2.05. The average molecular weight is 349 g/mol. The van der Waals surface area contributed by atoms with Crippen LogP contribution in [0.25, 0.3) is 0 Å². The third-order valence-corrected chi connectivity index (χ3v) is 6.01. The number of hydrogen-bond donors (Lipinski definition) is 0. The van der Waals surface area contributed by atoms with E-state index in [1.807, 2.05) is 30.0 Å². The third kappa shape index (κ3) is 3.95. The minimum atomic E-state index is 0.199. The zero-order valence-corrected chi connectivity index (χ0v) is 15.6. The van der Waals surface area contributed by atoms with Crippen LogP contribution in [0.3, 0.4) is 0 Å². The summed E-state index contributed by atoms with van der Waals surface area (Å²) in [7, 11) is 0. The summed E-state index contributed by atoms with van der Waals surface area (Å²) in [6, 6.07) is 8.56. The first-order valence-electron chi connectivity index (χ1n) is 8.97. The van der Waals surface area contributed by atoms with Gasteiger partial charge in [0, 0.05) is 43.5 Å². The highest BCUT2D eigenvalue weighted by Crippen LogP contribution is 2.26. The number of benzene rings is 1. The first kappa shape index (κ1) is 17.8. The fourth-order valence-electron chi connectivity index (χ4n) is 3.74. The molecule has 2 aliphatic heterocycles. The van der Waals surface area contributed by atoms with Gasteiger partial charge in [0.05, 0.1) is 13.2 Å². The van der Waals surface area contributed by atoms with Crippen LogP contribution in [0.4, 0.5) is 0 Å². The highest BCUT2D eigenvalue weighted by Gasteiger charge is 2.37. The first-order valence-corrected chi connectivity index (χ1v) is 10.1. The van der Waals surface area contributed by atoms with Gasteiger partial charge in [0.1, 0.15) is 0 Å². The maximum Gasteiger partial charge on any atom is 0.254 e. The van der Waals surface area contributed by atoms with Crippen LogP contribution in [0.2, 0.25) is 0 Å². The number of nitrogens with zero attached hydrogens (tertiary/aromatic N) is 2. The lowest BCUT2D eigenvalue weighted by atomic mass is 10.0. The second kappa shape index (κ2) is 8.37. The summed E-state index contributed by atoms with van der Waals surface area (Å²) in [5.74, 6) is 2.70. The molecular weight excluding hydrogens is 320 g/mol. The standard InChI is InChI=1S/C19H28N2O2S/c1-3-24-14-16-6-4-5-7-17(16)19(22)21-12-15(2)18(13-21)20-8-10-23-11-9-20/h4-7,15,18H,3,8-14H2,1-2H3/t15-,18+/m1/s1. The molecule has 0 unspecified atom stereocenters. The van der Waals surface area contributed by atoms with Gasteiger partial charge in [-0.05, 0) is 23.3 Å². The molecule has 5 heteroatoms. The zero-order valence-electron chi connectivity index (χ0n) is 14.7. The van der Waals surface area contributed by atoms with Crippen LogP contribution in [0, 0.1) is 5.92 Å². The van der Waals surface area contributed by atoms with Crippen molar-refractivity contribution in [2.75, 3.05) is 45.1 Å². The number of rotatable bonds is 5. The Morgan fingerprint density at radius 3 is 2.75 bits per heavy atom. The van der Waals surface area contributed by atoms with Gasteiger partial charge < -0.3 is 9.64 Å². The molecule has 24 heavy (non-hydrogen) atoms. The fraction of sp³-hybridized carbons (Fsp3) is 0.632. The summed E-state index contributed by atoms with van der Waals surface area (Å²) in [6.07, 6.45) is 0. The van der Waals surface area contributed by atoms with E-state index in [-0.39, 0.29) is 5.91 Å². The second-order valence-corrected chi connectivity index (χ2v) is 7.97. The fourth-order valence-corrected chi connectivity index (χ4v) is 4.41. The number of thioether (sulfide) groups is 1. The molecule has 1 amide bonds. The van der Waals surface area contributed by atoms with Gasteiger partial charge in [-0.2, -0.15) is 11.8 Å². The van der Waals surface area contributed by atoms with E-state index in [0.29, 0.717) is 12.0 Å². The van der Waals surface area contributed by atoms with Gasteiger partial charge in [0.25, 0.3) is 5.91 Å². The second-order valence-electron chi connectivity index (χ2n) is 6.70. The van der Waals surface area contributed by atoms with Crippen LogP contribution in [0.15, 0.2) is 24.3 Å². The van der Waals surface area contributed by atoms with Gasteiger partial charge >= 0.3 is 0 Å². The van der Waals surface area contributed by atoms with Crippen LogP contribution < -0.4 is 0 Å². The van der Waals surface area contributed by atoms with E-state index >= 15 is 0 Å². The molecule has 2 heterocycles. The number of hydrogen-bond acceptors (Lipinski definition) is 4. The van der Waals surface area contributed by atoms with E-state index in [4.69, 9.17) is 4.74 Å². The van der Waals surface area contributed by atoms with Crippen molar-refractivity contribution in [3.63, 3.8) is 0 Å². The molecule has 0 aliphatic carbocycles. The topological polar surface area (TPSA) is 32.8 Å². The number of likely N-dealkylation sites (tertiary alicyclic amines) is 1. The Morgan fingerprint density at radius 1 is 1.25 bits per heavy atom. The molecular formula is C19H28N2O2S. The van der Waals surface area contributed by atoms with Gasteiger partial charge in [-0.1, -0.05) is 32.0 Å². The summed E-state index contributed by atoms with van der Waals surface area (Å²) in [6.45, 7) is 9.73. The van der Waals surface area contributed by atoms with Crippen molar-refractivity contribution < 1.29 is 9.53 Å². The molecule has 2 aliphatic rings. The Morgan fingerprint density at radius 2 is 2.00 bits per heavy atom. The molecule has 0 N–H and O–H groups in total. The molecule has 0 radical (unpaired) electrons. The average Bonchev–Trinajstić information content (AvgIpc) is 3.02. The lowest BCUT2D eigenvalue weighted by Gasteiger charge is -2.34. The molecule has 4 nitrogen and oxygen atoms in total. The maximum absolute atomic E-state index is 13.1. The van der Waals surface area contributed by atoms with Crippen LogP contribution in [-0.4, -0.2) is 66.9 Å². The predicted octanol–water partition coefficient (Wildman–Crippen LogP) is 2.73. The molecule has 0 spiro atoms. The summed E-state index contributed by atoms with van der Waals surface area (Å²) >= 11 is 1.87. The van der Waals surface area contributed by atoms with Crippen molar-refractivity contribution >= 4 is 17.7 Å². The van der Waals surface area contributed by atoms with Crippen LogP contribution in [-0.2, 0) is 10.5 Å². The van der Waals surface area contributed by atoms with Crippen molar-refractivity contribution in [3.05, 3.63) is 35.4 Å². The van der Waals surface area contributed by atoms with Crippen molar-refractivity contribution in [1.82, 2.24) is 9.80 Å². The van der Waals surface area contributed by atoms with E-state index in [9.17, 15) is 4.79 Å². The van der Waals surface area contributed by atoms with Crippen molar-refractivity contribution in [2.45, 2.75) is 25.6 Å². The lowest BCUT2D eigenvalue weighted by Crippen LogP contribution is -2.47. The highest BCUT2D eigenvalue weighted by molar-refractivity contribution is 7.98. The largest absolute Gasteiger partial charge is 0.379 e. The molecule has 1 aromatic carbocycles. The Kier molecular flexibility index (Phi) is 6.19. The van der Waals surface area contributed by atoms with Gasteiger partial charge in [0.2, 0.25) is 0 Å². The van der Waals surface area contributed by atoms with Crippen LogP contribution >= 0.6 is 11.8 Å². The van der Waals surface area contributed by atoms with Crippen molar-refractivity contribution in [2.24, 2.45) is 5.92 Å². The molecule has 3 rings (SSSR count). The minimum absolute atomic E-state index is 0.199. The molecule has 2 atom stereocenters. The Bertz CT molecular complexity index is 560. The van der Waals surface area contributed by atoms with Gasteiger partial charge in [-0.3, -0.25) is 9.69 Å². The van der Waals surface area contributed by atoms with E-state index in [1.54, 1.807) is 0 Å². The number of carbonyl (C=O) groups is 1. The van der Waals surface area contributed by atoms with Crippen LogP contribution in [0.1, 0.15) is 29.8 Å². The van der Waals surface area contributed by atoms with Gasteiger partial charge in [0.15, 0.2) is 0 Å². The lowest BCUT2D eigenvalue weighted by molar-refractivity contribution is 0.0119. The maximum atomic E-state index is 13.1. The molecule has 2 saturated heterocycles. The van der Waals surface area contributed by atoms with E-state index in [1.165, 1.54) is 0 Å². The number of morpholine rings is 1. The zero-order chi connectivity index (χ0) is 16.9. The number of ether oxygens (including phenoxy) is 1. The van der Waals surface area contributed by atoms with E-state index in [2.05, 4.69) is 29.7 Å². The SMILES string of the molecule is CCSCc1ccccc1C(=O)N1C[C@@H](C)[C@@H](N2CCOCC2)C1. The Labute approximate surface area is 149 Å². The highest BCUT2D eigenvalue weighted by atomic mass is 32.2. The Hall–Kier alpha value is -1.04. The summed E-state index contributed by atoms with van der Waals surface area (Å²) in [4.78, 5) is 17.6. The third-order valence-electron chi connectivity index (χ3n) is 5.08. The molecule has 2 fully saturated rings. The van der Waals surface area contributed by atoms with E-state index < -0.39 is 0 Å². The van der Waals surface area contributed by atoms with Crippen LogP contribution in [0.5, 0.6) is 0 Å². The summed E-state index contributed by atoms with van der Waals surface area (Å²) in [5, 5.41) is 0. The summed E-state index contributed by atoms with van der Waals surface area (Å²) < 4.78 is 5.47. The normalized spacial score (nSPS) is 25.2.